The second-order valence-electron chi connectivity index (χ2n) is 14.4. The zero-order chi connectivity index (χ0) is 36.5. The summed E-state index contributed by atoms with van der Waals surface area (Å²) in [6.45, 7) is 0. The molecule has 260 valence electrons. The second-order valence-corrected chi connectivity index (χ2v) is 14.4. The number of hydrogen-bond acceptors (Lipinski definition) is 6. The lowest BCUT2D eigenvalue weighted by Crippen LogP contribution is -1.90. The van der Waals surface area contributed by atoms with Gasteiger partial charge in [0.05, 0.1) is 11.0 Å². The third kappa shape index (κ3) is 4.14. The van der Waals surface area contributed by atoms with Crippen LogP contribution in [0.4, 0.5) is 0 Å². The first kappa shape index (κ1) is 29.7. The number of furan rings is 3. The zero-order valence-electron chi connectivity index (χ0n) is 29.5. The number of rotatable bonds is 3. The van der Waals surface area contributed by atoms with Crippen molar-refractivity contribution in [3.63, 3.8) is 0 Å². The molecule has 0 radical (unpaired) electrons. The van der Waals surface area contributed by atoms with Crippen molar-refractivity contribution < 1.29 is 13.3 Å². The number of imidazole rings is 1. The fourth-order valence-electron chi connectivity index (χ4n) is 8.66. The average molecular weight is 719 g/mol. The van der Waals surface area contributed by atoms with Crippen LogP contribution in [0.15, 0.2) is 171 Å². The molecule has 6 aromatic carbocycles. The molecule has 0 N–H and O–H groups in total. The standard InChI is InChI=1S/C49H26N4O3/c1-2-8-34-33(7-1)48-47(53-39-10-4-3-9-38(39)52-49(34)53)37-26-29(15-18-42(37)56-48)32-22-30(27-13-16-40-35(24-27)45-43(54-40)11-5-19-50-45)21-31(23-32)28-14-17-41-36(25-28)46-44(55-41)12-6-20-51-46/h1-26H. The van der Waals surface area contributed by atoms with Crippen molar-refractivity contribution in [2.45, 2.75) is 0 Å². The third-order valence-corrected chi connectivity index (χ3v) is 11.2. The van der Waals surface area contributed by atoms with Crippen molar-refractivity contribution in [2.75, 3.05) is 0 Å². The van der Waals surface area contributed by atoms with Gasteiger partial charge in [0.25, 0.3) is 0 Å². The van der Waals surface area contributed by atoms with Crippen LogP contribution in [0.3, 0.4) is 0 Å². The van der Waals surface area contributed by atoms with Crippen LogP contribution in [0.1, 0.15) is 0 Å². The highest BCUT2D eigenvalue weighted by atomic mass is 16.3. The maximum absolute atomic E-state index is 6.73. The van der Waals surface area contributed by atoms with Crippen LogP contribution in [-0.2, 0) is 0 Å². The van der Waals surface area contributed by atoms with Crippen LogP contribution in [0.5, 0.6) is 0 Å². The Balaban J connectivity index is 1.08. The molecule has 7 heteroatoms. The van der Waals surface area contributed by atoms with Gasteiger partial charge in [-0.05, 0) is 124 Å². The summed E-state index contributed by atoms with van der Waals surface area (Å²) in [6, 6.07) is 50.5. The van der Waals surface area contributed by atoms with Crippen LogP contribution in [0.25, 0.3) is 127 Å². The summed E-state index contributed by atoms with van der Waals surface area (Å²) in [4.78, 5) is 14.4. The highest BCUT2D eigenvalue weighted by Gasteiger charge is 2.20. The van der Waals surface area contributed by atoms with Crippen LogP contribution >= 0.6 is 0 Å². The van der Waals surface area contributed by atoms with Crippen molar-refractivity contribution in [1.82, 2.24) is 19.4 Å². The Morgan fingerprint density at radius 2 is 0.929 bits per heavy atom. The van der Waals surface area contributed by atoms with Crippen molar-refractivity contribution >= 4 is 93.7 Å². The van der Waals surface area contributed by atoms with E-state index >= 15 is 0 Å². The monoisotopic (exact) mass is 718 g/mol. The van der Waals surface area contributed by atoms with Crippen LogP contribution in [0, 0.1) is 0 Å². The van der Waals surface area contributed by atoms with Crippen molar-refractivity contribution in [3.8, 4) is 33.4 Å². The number of nitrogens with zero attached hydrogens (tertiary/aromatic N) is 4. The molecule has 0 aliphatic rings. The Kier molecular flexibility index (Phi) is 5.77. The third-order valence-electron chi connectivity index (χ3n) is 11.2. The zero-order valence-corrected chi connectivity index (χ0v) is 29.5. The van der Waals surface area contributed by atoms with Gasteiger partial charge in [-0.15, -0.1) is 0 Å². The van der Waals surface area contributed by atoms with E-state index in [1.165, 1.54) is 0 Å². The van der Waals surface area contributed by atoms with E-state index in [2.05, 4.69) is 117 Å². The Bertz CT molecular complexity index is 3660. The first-order valence-corrected chi connectivity index (χ1v) is 18.6. The van der Waals surface area contributed by atoms with E-state index in [9.17, 15) is 0 Å². The topological polar surface area (TPSA) is 82.5 Å². The molecular formula is C49H26N4O3. The molecule has 7 aromatic heterocycles. The summed E-state index contributed by atoms with van der Waals surface area (Å²) >= 11 is 0. The summed E-state index contributed by atoms with van der Waals surface area (Å²) < 4.78 is 21.3. The normalized spacial score (nSPS) is 12.3. The molecule has 0 amide bonds. The summed E-state index contributed by atoms with van der Waals surface area (Å²) in [5.74, 6) is 0. The number of benzene rings is 6. The van der Waals surface area contributed by atoms with Crippen LogP contribution in [0.2, 0.25) is 0 Å². The van der Waals surface area contributed by atoms with E-state index < -0.39 is 0 Å². The van der Waals surface area contributed by atoms with Crippen molar-refractivity contribution in [1.29, 1.82) is 0 Å². The van der Waals surface area contributed by atoms with E-state index in [-0.39, 0.29) is 0 Å². The summed E-state index contributed by atoms with van der Waals surface area (Å²) in [7, 11) is 0. The van der Waals surface area contributed by atoms with Crippen molar-refractivity contribution in [3.05, 3.63) is 158 Å². The molecule has 0 bridgehead atoms. The average Bonchev–Trinajstić information content (AvgIpc) is 4.03. The highest BCUT2D eigenvalue weighted by Crippen LogP contribution is 2.42. The molecule has 7 nitrogen and oxygen atoms in total. The lowest BCUT2D eigenvalue weighted by molar-refractivity contribution is 0.668. The molecule has 13 rings (SSSR count). The first-order chi connectivity index (χ1) is 27.7. The Morgan fingerprint density at radius 1 is 0.393 bits per heavy atom. The van der Waals surface area contributed by atoms with Gasteiger partial charge in [-0.3, -0.25) is 14.4 Å². The molecule has 0 unspecified atom stereocenters. The van der Waals surface area contributed by atoms with E-state index in [0.29, 0.717) is 0 Å². The summed E-state index contributed by atoms with van der Waals surface area (Å²) in [5.41, 5.74) is 16.9. The van der Waals surface area contributed by atoms with Gasteiger partial charge >= 0.3 is 0 Å². The second kappa shape index (κ2) is 10.9. The summed E-state index contributed by atoms with van der Waals surface area (Å²) in [6.07, 6.45) is 3.62. The maximum Gasteiger partial charge on any atom is 0.160 e. The minimum Gasteiger partial charge on any atom is -0.454 e. The quantitative estimate of drug-likeness (QED) is 0.181. The van der Waals surface area contributed by atoms with Gasteiger partial charge in [0.2, 0.25) is 0 Å². The minimum absolute atomic E-state index is 0.775. The van der Waals surface area contributed by atoms with Gasteiger partial charge in [0.15, 0.2) is 16.7 Å². The Labute approximate surface area is 316 Å². The van der Waals surface area contributed by atoms with Gasteiger partial charge in [-0.25, -0.2) is 4.98 Å². The predicted molar refractivity (Wildman–Crippen MR) is 224 cm³/mol. The molecular weight excluding hydrogens is 693 g/mol. The van der Waals surface area contributed by atoms with E-state index in [1.807, 2.05) is 54.9 Å². The number of pyridine rings is 3. The lowest BCUT2D eigenvalue weighted by atomic mass is 9.92. The van der Waals surface area contributed by atoms with E-state index in [0.717, 1.165) is 127 Å². The van der Waals surface area contributed by atoms with Gasteiger partial charge in [0, 0.05) is 39.3 Å². The predicted octanol–water partition coefficient (Wildman–Crippen LogP) is 13.1. The molecule has 56 heavy (non-hydrogen) atoms. The Hall–Kier alpha value is -7.77. The van der Waals surface area contributed by atoms with E-state index in [1.54, 1.807) is 0 Å². The minimum atomic E-state index is 0.775. The summed E-state index contributed by atoms with van der Waals surface area (Å²) in [5, 5.41) is 5.09. The van der Waals surface area contributed by atoms with Crippen LogP contribution in [-0.4, -0.2) is 19.4 Å². The number of aromatic nitrogens is 4. The lowest BCUT2D eigenvalue weighted by Gasteiger charge is -2.12. The molecule has 13 aromatic rings. The van der Waals surface area contributed by atoms with Gasteiger partial charge < -0.3 is 13.3 Å². The fourth-order valence-corrected chi connectivity index (χ4v) is 8.66. The molecule has 0 aliphatic carbocycles. The maximum atomic E-state index is 6.73. The highest BCUT2D eigenvalue weighted by molar-refractivity contribution is 6.19. The van der Waals surface area contributed by atoms with Gasteiger partial charge in [0.1, 0.15) is 38.9 Å². The Morgan fingerprint density at radius 3 is 1.55 bits per heavy atom. The molecule has 0 spiro atoms. The van der Waals surface area contributed by atoms with Gasteiger partial charge in [-0.1, -0.05) is 54.6 Å². The molecule has 0 fully saturated rings. The van der Waals surface area contributed by atoms with E-state index in [4.69, 9.17) is 18.2 Å². The first-order valence-electron chi connectivity index (χ1n) is 18.6. The molecule has 0 saturated heterocycles. The molecule has 0 aliphatic heterocycles. The molecule has 0 atom stereocenters. The SMILES string of the molecule is c1ccc2c(c1)nc1c3ccccc3c3oc4ccc(-c5cc(-c6ccc7oc8cccnc8c7c6)cc(-c6ccc7oc8cccnc8c7c6)c5)cc4c3n21. The van der Waals surface area contributed by atoms with Crippen molar-refractivity contribution in [2.24, 2.45) is 0 Å². The molecule has 0 saturated carbocycles. The number of fused-ring (bicyclic) bond motifs is 16. The van der Waals surface area contributed by atoms with Crippen LogP contribution < -0.4 is 0 Å². The van der Waals surface area contributed by atoms with Gasteiger partial charge in [-0.2, -0.15) is 0 Å². The number of para-hydroxylation sites is 2. The largest absolute Gasteiger partial charge is 0.454 e. The molecule has 7 heterocycles. The number of hydrogen-bond donors (Lipinski definition) is 0. The fraction of sp³-hybridized carbons (Fsp3) is 0. The smallest absolute Gasteiger partial charge is 0.160 e.